The fourth-order valence-corrected chi connectivity index (χ4v) is 5.87. The van der Waals surface area contributed by atoms with Gasteiger partial charge in [-0.3, -0.25) is 0 Å². The van der Waals surface area contributed by atoms with Crippen LogP contribution in [-0.2, 0) is 9.84 Å². The molecular weight excluding hydrogens is 356 g/mol. The van der Waals surface area contributed by atoms with Gasteiger partial charge < -0.3 is 0 Å². The molecule has 5 heteroatoms. The maximum Gasteiger partial charge on any atom is 0.150 e. The molecular formula is C11H22Br2O2S. The van der Waals surface area contributed by atoms with E-state index in [1.165, 1.54) is 0 Å². The summed E-state index contributed by atoms with van der Waals surface area (Å²) in [6.07, 6.45) is 1.43. The van der Waals surface area contributed by atoms with Gasteiger partial charge in [0.25, 0.3) is 0 Å². The van der Waals surface area contributed by atoms with E-state index in [9.17, 15) is 8.42 Å². The molecule has 0 aromatic heterocycles. The Kier molecular flexibility index (Phi) is 7.79. The molecule has 0 radical (unpaired) electrons. The number of rotatable bonds is 8. The lowest BCUT2D eigenvalue weighted by Crippen LogP contribution is -2.33. The van der Waals surface area contributed by atoms with Crippen LogP contribution in [0.2, 0.25) is 0 Å². The highest BCUT2D eigenvalue weighted by Gasteiger charge is 2.32. The zero-order valence-corrected chi connectivity index (χ0v) is 14.3. The van der Waals surface area contributed by atoms with Crippen molar-refractivity contribution in [3.8, 4) is 0 Å². The topological polar surface area (TPSA) is 34.1 Å². The van der Waals surface area contributed by atoms with Crippen molar-refractivity contribution in [2.45, 2.75) is 33.6 Å². The van der Waals surface area contributed by atoms with Crippen LogP contribution in [0.1, 0.15) is 33.6 Å². The Bertz CT molecular complexity index is 282. The molecule has 0 aromatic carbocycles. The average Bonchev–Trinajstić information content (AvgIpc) is 2.19. The van der Waals surface area contributed by atoms with Crippen LogP contribution < -0.4 is 0 Å². The van der Waals surface area contributed by atoms with Crippen LogP contribution in [0, 0.1) is 11.3 Å². The van der Waals surface area contributed by atoms with Gasteiger partial charge in [-0.05, 0) is 24.2 Å². The molecule has 0 spiro atoms. The highest BCUT2D eigenvalue weighted by molar-refractivity contribution is 9.09. The van der Waals surface area contributed by atoms with Gasteiger partial charge in [0.05, 0.1) is 5.75 Å². The van der Waals surface area contributed by atoms with Gasteiger partial charge in [-0.15, -0.1) is 0 Å². The third kappa shape index (κ3) is 5.05. The van der Waals surface area contributed by atoms with Crippen LogP contribution in [0.25, 0.3) is 0 Å². The summed E-state index contributed by atoms with van der Waals surface area (Å²) in [6, 6.07) is 0. The first-order valence-corrected chi connectivity index (χ1v) is 9.72. The SMILES string of the molecule is CCCS(=O)(=O)CCC(CBr)(CBr)C(C)C. The van der Waals surface area contributed by atoms with Crippen LogP contribution in [-0.4, -0.2) is 30.6 Å². The number of sulfone groups is 1. The Labute approximate surface area is 117 Å². The third-order valence-corrected chi connectivity index (χ3v) is 7.27. The summed E-state index contributed by atoms with van der Waals surface area (Å²) >= 11 is 7.03. The highest BCUT2D eigenvalue weighted by atomic mass is 79.9. The van der Waals surface area contributed by atoms with Gasteiger partial charge in [0.15, 0.2) is 0 Å². The standard InChI is InChI=1S/C11H22Br2O2S/c1-4-6-16(14,15)7-5-11(8-12,9-13)10(2)3/h10H,4-9H2,1-3H3. The lowest BCUT2D eigenvalue weighted by molar-refractivity contribution is 0.260. The molecule has 0 fully saturated rings. The summed E-state index contributed by atoms with van der Waals surface area (Å²) in [7, 11) is -2.86. The van der Waals surface area contributed by atoms with E-state index in [0.29, 0.717) is 23.8 Å². The maximum absolute atomic E-state index is 11.7. The fourth-order valence-electron chi connectivity index (χ4n) is 1.54. The van der Waals surface area contributed by atoms with Crippen molar-refractivity contribution in [1.29, 1.82) is 0 Å². The van der Waals surface area contributed by atoms with Crippen molar-refractivity contribution >= 4 is 41.7 Å². The van der Waals surface area contributed by atoms with Crippen molar-refractivity contribution in [1.82, 2.24) is 0 Å². The highest BCUT2D eigenvalue weighted by Crippen LogP contribution is 2.36. The van der Waals surface area contributed by atoms with E-state index in [1.807, 2.05) is 6.92 Å². The Morgan fingerprint density at radius 2 is 1.62 bits per heavy atom. The first kappa shape index (κ1) is 16.9. The second kappa shape index (κ2) is 7.37. The van der Waals surface area contributed by atoms with Gasteiger partial charge in [0, 0.05) is 16.4 Å². The summed E-state index contributed by atoms with van der Waals surface area (Å²) in [5.41, 5.74) is 0.0425. The molecule has 0 N–H and O–H groups in total. The Hall–Kier alpha value is 0.910. The molecule has 0 aliphatic rings. The largest absolute Gasteiger partial charge is 0.229 e. The van der Waals surface area contributed by atoms with Crippen LogP contribution in [0.3, 0.4) is 0 Å². The van der Waals surface area contributed by atoms with Crippen molar-refractivity contribution in [2.24, 2.45) is 11.3 Å². The van der Waals surface area contributed by atoms with Crippen LogP contribution in [0.15, 0.2) is 0 Å². The zero-order valence-electron chi connectivity index (χ0n) is 10.3. The van der Waals surface area contributed by atoms with E-state index in [-0.39, 0.29) is 5.41 Å². The van der Waals surface area contributed by atoms with E-state index in [1.54, 1.807) is 0 Å². The molecule has 0 aliphatic heterocycles. The first-order chi connectivity index (χ1) is 7.33. The Balaban J connectivity index is 4.56. The van der Waals surface area contributed by atoms with E-state index < -0.39 is 9.84 Å². The summed E-state index contributed by atoms with van der Waals surface area (Å²) in [5.74, 6) is 1.07. The van der Waals surface area contributed by atoms with Gasteiger partial charge in [-0.25, -0.2) is 8.42 Å². The van der Waals surface area contributed by atoms with Crippen LogP contribution >= 0.6 is 31.9 Å². The quantitative estimate of drug-likeness (QED) is 0.605. The summed E-state index contributed by atoms with van der Waals surface area (Å²) in [5, 5.41) is 1.68. The first-order valence-electron chi connectivity index (χ1n) is 5.66. The predicted octanol–water partition coefficient (Wildman–Crippen LogP) is 3.63. The molecule has 0 heterocycles. The predicted molar refractivity (Wildman–Crippen MR) is 78.4 cm³/mol. The Morgan fingerprint density at radius 3 is 1.94 bits per heavy atom. The number of hydrogen-bond donors (Lipinski definition) is 0. The van der Waals surface area contributed by atoms with Crippen LogP contribution in [0.4, 0.5) is 0 Å². The maximum atomic E-state index is 11.7. The number of halogens is 2. The molecule has 0 amide bonds. The minimum Gasteiger partial charge on any atom is -0.229 e. The number of alkyl halides is 2. The lowest BCUT2D eigenvalue weighted by Gasteiger charge is -2.34. The molecule has 0 saturated carbocycles. The van der Waals surface area contributed by atoms with Crippen molar-refractivity contribution in [3.63, 3.8) is 0 Å². The summed E-state index contributed by atoms with van der Waals surface area (Å²) in [4.78, 5) is 0. The van der Waals surface area contributed by atoms with Gasteiger partial charge in [-0.1, -0.05) is 52.6 Å². The Morgan fingerprint density at radius 1 is 1.12 bits per heavy atom. The van der Waals surface area contributed by atoms with E-state index >= 15 is 0 Å². The second-order valence-electron chi connectivity index (χ2n) is 4.69. The lowest BCUT2D eigenvalue weighted by atomic mass is 9.79. The molecule has 98 valence electrons. The molecule has 0 rings (SSSR count). The molecule has 0 bridgehead atoms. The van der Waals surface area contributed by atoms with Gasteiger partial charge in [0.1, 0.15) is 9.84 Å². The summed E-state index contributed by atoms with van der Waals surface area (Å²) < 4.78 is 23.4. The minimum absolute atomic E-state index is 0.0425. The van der Waals surface area contributed by atoms with E-state index in [4.69, 9.17) is 0 Å². The van der Waals surface area contributed by atoms with Gasteiger partial charge >= 0.3 is 0 Å². The normalized spacial score (nSPS) is 13.4. The monoisotopic (exact) mass is 376 g/mol. The molecule has 2 nitrogen and oxygen atoms in total. The van der Waals surface area contributed by atoms with Crippen molar-refractivity contribution < 1.29 is 8.42 Å². The van der Waals surface area contributed by atoms with Crippen molar-refractivity contribution in [2.75, 3.05) is 22.2 Å². The van der Waals surface area contributed by atoms with E-state index in [0.717, 1.165) is 17.1 Å². The van der Waals surface area contributed by atoms with Gasteiger partial charge in [-0.2, -0.15) is 0 Å². The average molecular weight is 378 g/mol. The molecule has 0 saturated heterocycles. The molecule has 0 atom stereocenters. The van der Waals surface area contributed by atoms with E-state index in [2.05, 4.69) is 45.7 Å². The van der Waals surface area contributed by atoms with Crippen molar-refractivity contribution in [3.05, 3.63) is 0 Å². The molecule has 0 aromatic rings. The second-order valence-corrected chi connectivity index (χ2v) is 8.11. The molecule has 0 aliphatic carbocycles. The minimum atomic E-state index is -2.86. The summed E-state index contributed by atoms with van der Waals surface area (Å²) in [6.45, 7) is 6.20. The smallest absolute Gasteiger partial charge is 0.150 e. The zero-order chi connectivity index (χ0) is 12.8. The number of hydrogen-bond acceptors (Lipinski definition) is 2. The van der Waals surface area contributed by atoms with Crippen LogP contribution in [0.5, 0.6) is 0 Å². The van der Waals surface area contributed by atoms with Gasteiger partial charge in [0.2, 0.25) is 0 Å². The molecule has 0 unspecified atom stereocenters. The third-order valence-electron chi connectivity index (χ3n) is 3.18. The molecule has 16 heavy (non-hydrogen) atoms. The fraction of sp³-hybridized carbons (Fsp3) is 1.00.